The first-order valence-electron chi connectivity index (χ1n) is 8.88. The molecule has 4 nitrogen and oxygen atoms in total. The van der Waals surface area contributed by atoms with Crippen molar-refractivity contribution in [2.24, 2.45) is 0 Å². The summed E-state index contributed by atoms with van der Waals surface area (Å²) in [6, 6.07) is 21.7. The number of hydrogen-bond donors (Lipinski definition) is 0. The topological polar surface area (TPSA) is 52.6 Å². The van der Waals surface area contributed by atoms with Crippen LogP contribution in [0.2, 0.25) is 0 Å². The van der Waals surface area contributed by atoms with E-state index < -0.39 is 5.97 Å². The van der Waals surface area contributed by atoms with Gasteiger partial charge in [0.1, 0.15) is 11.5 Å². The Bertz CT molecular complexity index is 1150. The molecule has 0 amide bonds. The Morgan fingerprint density at radius 1 is 0.966 bits per heavy atom. The van der Waals surface area contributed by atoms with Gasteiger partial charge in [0.15, 0.2) is 5.76 Å². The molecule has 29 heavy (non-hydrogen) atoms. The number of benzene rings is 3. The van der Waals surface area contributed by atoms with Crippen LogP contribution in [0, 0.1) is 0 Å². The van der Waals surface area contributed by atoms with Gasteiger partial charge in [0, 0.05) is 16.6 Å². The smallest absolute Gasteiger partial charge is 0.336 e. The Morgan fingerprint density at radius 3 is 2.52 bits per heavy atom. The van der Waals surface area contributed by atoms with Crippen molar-refractivity contribution in [3.8, 4) is 11.5 Å². The van der Waals surface area contributed by atoms with Crippen molar-refractivity contribution in [2.75, 3.05) is 0 Å². The second-order valence-corrected chi connectivity index (χ2v) is 7.14. The zero-order valence-corrected chi connectivity index (χ0v) is 16.8. The third-order valence-electron chi connectivity index (χ3n) is 4.26. The molecule has 1 heterocycles. The van der Waals surface area contributed by atoms with Crippen molar-refractivity contribution in [1.82, 2.24) is 0 Å². The molecule has 0 saturated heterocycles. The SMILES string of the molecule is O=C(/C=C/c1ccccc1)Oc1ccc2c(c1)O/C(=C\c1ccccc1Br)C2=O. The number of ether oxygens (including phenoxy) is 2. The fourth-order valence-electron chi connectivity index (χ4n) is 2.84. The monoisotopic (exact) mass is 446 g/mol. The predicted octanol–water partition coefficient (Wildman–Crippen LogP) is 5.68. The van der Waals surface area contributed by atoms with Crippen LogP contribution in [0.4, 0.5) is 0 Å². The number of carbonyl (C=O) groups excluding carboxylic acids is 2. The normalized spacial score (nSPS) is 14.1. The Labute approximate surface area is 176 Å². The van der Waals surface area contributed by atoms with Crippen molar-refractivity contribution in [2.45, 2.75) is 0 Å². The van der Waals surface area contributed by atoms with Crippen molar-refractivity contribution < 1.29 is 19.1 Å². The summed E-state index contributed by atoms with van der Waals surface area (Å²) in [6.45, 7) is 0. The number of halogens is 1. The fraction of sp³-hybridized carbons (Fsp3) is 0. The Balaban J connectivity index is 1.49. The quantitative estimate of drug-likeness (QED) is 0.293. The number of Topliss-reactive ketones (excluding diaryl/α,β-unsaturated/α-hetero) is 1. The van der Waals surface area contributed by atoms with E-state index in [-0.39, 0.29) is 11.5 Å². The molecule has 4 rings (SSSR count). The molecule has 5 heteroatoms. The number of hydrogen-bond acceptors (Lipinski definition) is 4. The maximum atomic E-state index is 12.6. The Kier molecular flexibility index (Phi) is 5.40. The molecule has 3 aromatic carbocycles. The third kappa shape index (κ3) is 4.36. The maximum Gasteiger partial charge on any atom is 0.336 e. The summed E-state index contributed by atoms with van der Waals surface area (Å²) < 4.78 is 11.9. The zero-order valence-electron chi connectivity index (χ0n) is 15.2. The second-order valence-electron chi connectivity index (χ2n) is 6.28. The molecule has 0 aromatic heterocycles. The third-order valence-corrected chi connectivity index (χ3v) is 4.99. The summed E-state index contributed by atoms with van der Waals surface area (Å²) in [6.07, 6.45) is 4.71. The lowest BCUT2D eigenvalue weighted by atomic mass is 10.1. The van der Waals surface area contributed by atoms with Gasteiger partial charge in [-0.15, -0.1) is 0 Å². The van der Waals surface area contributed by atoms with Crippen molar-refractivity contribution in [3.05, 3.63) is 106 Å². The molecular weight excluding hydrogens is 432 g/mol. The van der Waals surface area contributed by atoms with Gasteiger partial charge in [-0.2, -0.15) is 0 Å². The molecular formula is C24H15BrO4. The number of esters is 1. The highest BCUT2D eigenvalue weighted by atomic mass is 79.9. The molecule has 0 atom stereocenters. The van der Waals surface area contributed by atoms with Crippen LogP contribution in [0.1, 0.15) is 21.5 Å². The lowest BCUT2D eigenvalue weighted by Gasteiger charge is -2.03. The molecule has 142 valence electrons. The summed E-state index contributed by atoms with van der Waals surface area (Å²) in [7, 11) is 0. The van der Waals surface area contributed by atoms with Crippen LogP contribution in [0.3, 0.4) is 0 Å². The molecule has 1 aliphatic rings. The molecule has 0 unspecified atom stereocenters. The maximum absolute atomic E-state index is 12.6. The second kappa shape index (κ2) is 8.29. The average molecular weight is 447 g/mol. The molecule has 3 aromatic rings. The minimum Gasteiger partial charge on any atom is -0.452 e. The van der Waals surface area contributed by atoms with Gasteiger partial charge >= 0.3 is 5.97 Å². The van der Waals surface area contributed by atoms with Crippen molar-refractivity contribution >= 4 is 39.8 Å². The van der Waals surface area contributed by atoms with Gasteiger partial charge in [-0.1, -0.05) is 64.5 Å². The molecule has 0 radical (unpaired) electrons. The van der Waals surface area contributed by atoms with E-state index in [1.165, 1.54) is 6.08 Å². The Morgan fingerprint density at radius 2 is 1.72 bits per heavy atom. The van der Waals surface area contributed by atoms with Gasteiger partial charge in [0.05, 0.1) is 5.56 Å². The van der Waals surface area contributed by atoms with Crippen LogP contribution in [0.15, 0.2) is 89.1 Å². The molecule has 1 aliphatic heterocycles. The highest BCUT2D eigenvalue weighted by molar-refractivity contribution is 9.10. The predicted molar refractivity (Wildman–Crippen MR) is 115 cm³/mol. The van der Waals surface area contributed by atoms with Crippen LogP contribution in [0.5, 0.6) is 11.5 Å². The van der Waals surface area contributed by atoms with Gasteiger partial charge in [-0.05, 0) is 41.5 Å². The number of ketones is 1. The van der Waals surface area contributed by atoms with Crippen molar-refractivity contribution in [1.29, 1.82) is 0 Å². The van der Waals surface area contributed by atoms with E-state index in [0.29, 0.717) is 17.1 Å². The number of allylic oxidation sites excluding steroid dienone is 1. The zero-order chi connectivity index (χ0) is 20.2. The van der Waals surface area contributed by atoms with E-state index in [2.05, 4.69) is 15.9 Å². The van der Waals surface area contributed by atoms with Gasteiger partial charge in [-0.25, -0.2) is 4.79 Å². The van der Waals surface area contributed by atoms with Crippen LogP contribution in [-0.4, -0.2) is 11.8 Å². The fourth-order valence-corrected chi connectivity index (χ4v) is 3.24. The van der Waals surface area contributed by atoms with Gasteiger partial charge < -0.3 is 9.47 Å². The summed E-state index contributed by atoms with van der Waals surface area (Å²) in [4.78, 5) is 24.6. The number of fused-ring (bicyclic) bond motifs is 1. The van der Waals surface area contributed by atoms with Gasteiger partial charge in [0.25, 0.3) is 0 Å². The minimum atomic E-state index is -0.512. The summed E-state index contributed by atoms with van der Waals surface area (Å²) in [5.74, 6) is 0.172. The standard InChI is InChI=1S/C24H15BrO4/c25-20-9-5-4-8-17(20)14-22-24(27)19-12-11-18(15-21(19)29-22)28-23(26)13-10-16-6-2-1-3-7-16/h1-15H/b13-10+,22-14-. The summed E-state index contributed by atoms with van der Waals surface area (Å²) in [5.41, 5.74) is 2.17. The number of rotatable bonds is 4. The van der Waals surface area contributed by atoms with E-state index in [1.54, 1.807) is 30.4 Å². The molecule has 0 saturated carbocycles. The lowest BCUT2D eigenvalue weighted by Crippen LogP contribution is -2.03. The molecule has 0 bridgehead atoms. The number of carbonyl (C=O) groups is 2. The molecule has 0 spiro atoms. The Hall–Kier alpha value is -3.44. The summed E-state index contributed by atoms with van der Waals surface area (Å²) >= 11 is 3.45. The molecule has 0 fully saturated rings. The first-order valence-corrected chi connectivity index (χ1v) is 9.67. The molecule has 0 N–H and O–H groups in total. The van der Waals surface area contributed by atoms with E-state index in [9.17, 15) is 9.59 Å². The summed E-state index contributed by atoms with van der Waals surface area (Å²) in [5, 5.41) is 0. The first-order chi connectivity index (χ1) is 14.1. The van der Waals surface area contributed by atoms with Gasteiger partial charge in [-0.3, -0.25) is 4.79 Å². The van der Waals surface area contributed by atoms with E-state index in [4.69, 9.17) is 9.47 Å². The van der Waals surface area contributed by atoms with Crippen LogP contribution < -0.4 is 9.47 Å². The highest BCUT2D eigenvalue weighted by Crippen LogP contribution is 2.35. The minimum absolute atomic E-state index is 0.211. The first kappa shape index (κ1) is 18.9. The van der Waals surface area contributed by atoms with Crippen LogP contribution >= 0.6 is 15.9 Å². The van der Waals surface area contributed by atoms with E-state index in [0.717, 1.165) is 15.6 Å². The largest absolute Gasteiger partial charge is 0.452 e. The average Bonchev–Trinajstić information content (AvgIpc) is 3.04. The highest BCUT2D eigenvalue weighted by Gasteiger charge is 2.28. The van der Waals surface area contributed by atoms with Crippen molar-refractivity contribution in [3.63, 3.8) is 0 Å². The van der Waals surface area contributed by atoms with Crippen LogP contribution in [-0.2, 0) is 4.79 Å². The van der Waals surface area contributed by atoms with E-state index in [1.807, 2.05) is 54.6 Å². The van der Waals surface area contributed by atoms with Crippen LogP contribution in [0.25, 0.3) is 12.2 Å². The van der Waals surface area contributed by atoms with E-state index >= 15 is 0 Å². The lowest BCUT2D eigenvalue weighted by molar-refractivity contribution is -0.128. The van der Waals surface area contributed by atoms with Gasteiger partial charge in [0.2, 0.25) is 5.78 Å². The molecule has 0 aliphatic carbocycles.